The third-order valence-corrected chi connectivity index (χ3v) is 3.49. The first-order valence-corrected chi connectivity index (χ1v) is 7.49. The molecule has 0 bridgehead atoms. The highest BCUT2D eigenvalue weighted by Gasteiger charge is 2.19. The summed E-state index contributed by atoms with van der Waals surface area (Å²) in [7, 11) is 0. The second-order valence-electron chi connectivity index (χ2n) is 5.87. The summed E-state index contributed by atoms with van der Waals surface area (Å²) in [6, 6.07) is -0.333. The van der Waals surface area contributed by atoms with Crippen LogP contribution in [0.5, 0.6) is 0 Å². The zero-order chi connectivity index (χ0) is 15.0. The Morgan fingerprint density at radius 3 is 2.45 bits per heavy atom. The van der Waals surface area contributed by atoms with Crippen LogP contribution in [-0.2, 0) is 9.53 Å². The number of aliphatic hydroxyl groups is 1. The summed E-state index contributed by atoms with van der Waals surface area (Å²) in [5.74, 6) is 0.286. The first kappa shape index (κ1) is 24.1. The van der Waals surface area contributed by atoms with Gasteiger partial charge in [0.15, 0.2) is 0 Å². The molecule has 1 amide bonds. The van der Waals surface area contributed by atoms with E-state index in [1.54, 1.807) is 0 Å². The summed E-state index contributed by atoms with van der Waals surface area (Å²) >= 11 is 0. The first-order valence-electron chi connectivity index (χ1n) is 7.49. The van der Waals surface area contributed by atoms with Crippen LogP contribution in [0, 0.1) is 5.92 Å². The molecule has 0 aromatic heterocycles. The Labute approximate surface area is 146 Å². The Hall–Kier alpha value is -0.110. The minimum Gasteiger partial charge on any atom is -0.391 e. The number of nitrogens with two attached hydrogens (primary N) is 1. The van der Waals surface area contributed by atoms with Gasteiger partial charge in [0.2, 0.25) is 5.91 Å². The van der Waals surface area contributed by atoms with Gasteiger partial charge in [-0.25, -0.2) is 0 Å². The number of halogens is 2. The van der Waals surface area contributed by atoms with Gasteiger partial charge in [0, 0.05) is 32.2 Å². The lowest BCUT2D eigenvalue weighted by atomic mass is 9.98. The number of ether oxygens (including phenoxy) is 1. The highest BCUT2D eigenvalue weighted by Crippen LogP contribution is 2.08. The minimum atomic E-state index is -0.763. The van der Waals surface area contributed by atoms with E-state index in [-0.39, 0.29) is 43.2 Å². The molecular formula is C14H31Cl2N3O3. The lowest BCUT2D eigenvalue weighted by molar-refractivity contribution is -0.123. The van der Waals surface area contributed by atoms with Gasteiger partial charge in [0.05, 0.1) is 25.7 Å². The van der Waals surface area contributed by atoms with E-state index in [0.717, 1.165) is 39.3 Å². The number of hydrogen-bond acceptors (Lipinski definition) is 5. The normalized spacial score (nSPS) is 18.0. The van der Waals surface area contributed by atoms with Crippen LogP contribution in [0.1, 0.15) is 26.7 Å². The van der Waals surface area contributed by atoms with Crippen LogP contribution in [0.4, 0.5) is 0 Å². The summed E-state index contributed by atoms with van der Waals surface area (Å²) in [6.45, 7) is 8.88. The number of nitrogens with one attached hydrogen (secondary N) is 1. The van der Waals surface area contributed by atoms with E-state index in [2.05, 4.69) is 24.1 Å². The molecule has 0 radical (unpaired) electrons. The van der Waals surface area contributed by atoms with Crippen molar-refractivity contribution in [3.05, 3.63) is 0 Å². The molecule has 134 valence electrons. The van der Waals surface area contributed by atoms with Gasteiger partial charge < -0.3 is 20.9 Å². The molecule has 0 aromatic carbocycles. The van der Waals surface area contributed by atoms with E-state index in [1.165, 1.54) is 0 Å². The maximum absolute atomic E-state index is 11.7. The maximum atomic E-state index is 11.7. The van der Waals surface area contributed by atoms with Crippen molar-refractivity contribution >= 4 is 30.7 Å². The highest BCUT2D eigenvalue weighted by molar-refractivity contribution is 5.85. The van der Waals surface area contributed by atoms with Gasteiger partial charge >= 0.3 is 0 Å². The fourth-order valence-corrected chi connectivity index (χ4v) is 2.29. The highest BCUT2D eigenvalue weighted by atomic mass is 35.5. The van der Waals surface area contributed by atoms with Crippen molar-refractivity contribution < 1.29 is 14.6 Å². The number of hydrogen-bond donors (Lipinski definition) is 3. The fourth-order valence-electron chi connectivity index (χ4n) is 2.29. The summed E-state index contributed by atoms with van der Waals surface area (Å²) in [5, 5.41) is 12.7. The molecule has 1 aliphatic heterocycles. The minimum absolute atomic E-state index is 0. The lowest BCUT2D eigenvalue weighted by Gasteiger charge is -2.26. The van der Waals surface area contributed by atoms with Gasteiger partial charge in [-0.3, -0.25) is 9.69 Å². The zero-order valence-corrected chi connectivity index (χ0v) is 15.1. The number of aliphatic hydroxyl groups excluding tert-OH is 1. The van der Waals surface area contributed by atoms with Crippen molar-refractivity contribution in [3.8, 4) is 0 Å². The largest absolute Gasteiger partial charge is 0.391 e. The van der Waals surface area contributed by atoms with Crippen LogP contribution < -0.4 is 11.1 Å². The van der Waals surface area contributed by atoms with Crippen molar-refractivity contribution in [2.75, 3.05) is 39.4 Å². The number of nitrogens with zero attached hydrogens (tertiary/aromatic N) is 1. The van der Waals surface area contributed by atoms with E-state index in [1.807, 2.05) is 0 Å². The zero-order valence-electron chi connectivity index (χ0n) is 13.5. The predicted molar refractivity (Wildman–Crippen MR) is 92.8 cm³/mol. The number of morpholine rings is 1. The fraction of sp³-hybridized carbons (Fsp3) is 0.929. The van der Waals surface area contributed by atoms with Crippen molar-refractivity contribution in [1.82, 2.24) is 10.2 Å². The van der Waals surface area contributed by atoms with Crippen LogP contribution in [0.3, 0.4) is 0 Å². The van der Waals surface area contributed by atoms with Crippen LogP contribution in [0.25, 0.3) is 0 Å². The van der Waals surface area contributed by atoms with Crippen LogP contribution in [-0.4, -0.2) is 67.5 Å². The SMILES string of the molecule is CC(C)CC(N)C(O)CC(=O)NCCN1CCOCC1.Cl.Cl. The molecule has 8 heteroatoms. The molecule has 2 unspecified atom stereocenters. The lowest BCUT2D eigenvalue weighted by Crippen LogP contribution is -2.43. The first-order chi connectivity index (χ1) is 9.49. The van der Waals surface area contributed by atoms with Crippen molar-refractivity contribution in [3.63, 3.8) is 0 Å². The molecule has 1 heterocycles. The molecule has 2 atom stereocenters. The Kier molecular flexibility index (Phi) is 14.6. The third-order valence-electron chi connectivity index (χ3n) is 3.49. The summed E-state index contributed by atoms with van der Waals surface area (Å²) < 4.78 is 5.26. The number of carbonyl (C=O) groups is 1. The molecular weight excluding hydrogens is 329 g/mol. The van der Waals surface area contributed by atoms with Crippen molar-refractivity contribution in [1.29, 1.82) is 0 Å². The van der Waals surface area contributed by atoms with E-state index >= 15 is 0 Å². The Bertz CT molecular complexity index is 291. The quantitative estimate of drug-likeness (QED) is 0.583. The van der Waals surface area contributed by atoms with Crippen molar-refractivity contribution in [2.45, 2.75) is 38.8 Å². The summed E-state index contributed by atoms with van der Waals surface area (Å²) in [5.41, 5.74) is 5.86. The smallest absolute Gasteiger partial charge is 0.222 e. The Balaban J connectivity index is 0. The molecule has 0 spiro atoms. The standard InChI is InChI=1S/C14H29N3O3.2ClH/c1-11(2)9-12(15)13(18)10-14(19)16-3-4-17-5-7-20-8-6-17;;/h11-13,18H,3-10,15H2,1-2H3,(H,16,19);2*1H. The summed E-state index contributed by atoms with van der Waals surface area (Å²) in [4.78, 5) is 14.0. The molecule has 1 fully saturated rings. The third kappa shape index (κ3) is 10.6. The van der Waals surface area contributed by atoms with Crippen molar-refractivity contribution in [2.24, 2.45) is 11.7 Å². The molecule has 22 heavy (non-hydrogen) atoms. The average molecular weight is 360 g/mol. The van der Waals surface area contributed by atoms with Gasteiger partial charge in [0.25, 0.3) is 0 Å². The molecule has 0 saturated carbocycles. The molecule has 1 aliphatic rings. The molecule has 4 N–H and O–H groups in total. The molecule has 0 aromatic rings. The Morgan fingerprint density at radius 1 is 1.32 bits per heavy atom. The topological polar surface area (TPSA) is 87.8 Å². The number of amides is 1. The van der Waals surface area contributed by atoms with Gasteiger partial charge in [-0.05, 0) is 12.3 Å². The van der Waals surface area contributed by atoms with Gasteiger partial charge in [0.1, 0.15) is 0 Å². The molecule has 1 saturated heterocycles. The van der Waals surface area contributed by atoms with Gasteiger partial charge in [-0.15, -0.1) is 24.8 Å². The van der Waals surface area contributed by atoms with Gasteiger partial charge in [-0.2, -0.15) is 0 Å². The molecule has 0 aliphatic carbocycles. The molecule has 1 rings (SSSR count). The van der Waals surface area contributed by atoms with E-state index in [0.29, 0.717) is 12.5 Å². The van der Waals surface area contributed by atoms with E-state index < -0.39 is 6.10 Å². The maximum Gasteiger partial charge on any atom is 0.222 e. The summed E-state index contributed by atoms with van der Waals surface area (Å²) in [6.07, 6.45) is 0.0416. The van der Waals surface area contributed by atoms with E-state index in [9.17, 15) is 9.90 Å². The second-order valence-corrected chi connectivity index (χ2v) is 5.87. The van der Waals surface area contributed by atoms with Crippen LogP contribution in [0.15, 0.2) is 0 Å². The van der Waals surface area contributed by atoms with Crippen LogP contribution in [0.2, 0.25) is 0 Å². The second kappa shape index (κ2) is 13.3. The predicted octanol–water partition coefficient (Wildman–Crippen LogP) is 0.403. The molecule has 6 nitrogen and oxygen atoms in total. The monoisotopic (exact) mass is 359 g/mol. The Morgan fingerprint density at radius 2 is 1.91 bits per heavy atom. The van der Waals surface area contributed by atoms with Gasteiger partial charge in [-0.1, -0.05) is 13.8 Å². The average Bonchev–Trinajstić information content (AvgIpc) is 2.39. The number of rotatable bonds is 8. The number of carbonyl (C=O) groups excluding carboxylic acids is 1. The van der Waals surface area contributed by atoms with Crippen LogP contribution >= 0.6 is 24.8 Å². The van der Waals surface area contributed by atoms with E-state index in [4.69, 9.17) is 10.5 Å².